The van der Waals surface area contributed by atoms with E-state index in [1.807, 2.05) is 0 Å². The predicted octanol–water partition coefficient (Wildman–Crippen LogP) is 15.5. The van der Waals surface area contributed by atoms with Crippen molar-refractivity contribution in [1.82, 2.24) is 0 Å². The highest BCUT2D eigenvalue weighted by Crippen LogP contribution is 2.60. The molecule has 0 bridgehead atoms. The molecular weight excluding hydrogens is 1070 g/mol. The third-order valence-electron chi connectivity index (χ3n) is 19.4. The van der Waals surface area contributed by atoms with E-state index in [0.717, 1.165) is 113 Å². The molecule has 0 aromatic heterocycles. The van der Waals surface area contributed by atoms with Crippen LogP contribution in [0.5, 0.6) is 46.0 Å². The van der Waals surface area contributed by atoms with Crippen LogP contribution in [0, 0.1) is 0 Å². The molecule has 0 aliphatic carbocycles. The van der Waals surface area contributed by atoms with Crippen LogP contribution in [0.15, 0.2) is 303 Å². The number of ether oxygens (including phenoxy) is 4. The number of hydrogen-bond acceptors (Lipinski definition) is 6. The van der Waals surface area contributed by atoms with Crippen molar-refractivity contribution in [3.63, 3.8) is 0 Å². The van der Waals surface area contributed by atoms with Crippen molar-refractivity contribution in [3.8, 4) is 46.0 Å². The van der Waals surface area contributed by atoms with Gasteiger partial charge in [0.25, 0.3) is 13.4 Å². The summed E-state index contributed by atoms with van der Waals surface area (Å²) in [6.45, 7) is -0.418. The number of para-hydroxylation sites is 6. The largest absolute Gasteiger partial charge is 0.458 e. The molecule has 0 atom stereocenters. The number of anilines is 6. The average molecular weight is 1120 g/mol. The van der Waals surface area contributed by atoms with E-state index in [0.29, 0.717) is 0 Å². The van der Waals surface area contributed by atoms with Crippen LogP contribution in [0.2, 0.25) is 0 Å². The summed E-state index contributed by atoms with van der Waals surface area (Å²) in [7, 11) is 0. The molecule has 6 nitrogen and oxygen atoms in total. The number of nitrogens with zero attached hydrogens (tertiary/aromatic N) is 2. The van der Waals surface area contributed by atoms with Crippen LogP contribution in [-0.4, -0.2) is 13.4 Å². The monoisotopic (exact) mass is 1120 g/mol. The zero-order valence-corrected chi connectivity index (χ0v) is 47.5. The van der Waals surface area contributed by atoms with Gasteiger partial charge in [-0.3, -0.25) is 0 Å². The summed E-state index contributed by atoms with van der Waals surface area (Å²) in [5.41, 5.74) is 20.7. The molecule has 6 aliphatic rings. The van der Waals surface area contributed by atoms with Gasteiger partial charge in [0, 0.05) is 41.3 Å². The molecule has 6 aliphatic heterocycles. The smallest absolute Gasteiger partial charge is 0.260 e. The number of rotatable bonds is 6. The summed E-state index contributed by atoms with van der Waals surface area (Å²) in [5.74, 6) is 6.10. The summed E-state index contributed by atoms with van der Waals surface area (Å²) < 4.78 is 29.1. The number of hydrogen-bond donors (Lipinski definition) is 0. The van der Waals surface area contributed by atoms with Crippen molar-refractivity contribution in [3.05, 3.63) is 348 Å². The average Bonchev–Trinajstić information content (AvgIpc) is 0.741. The Balaban J connectivity index is 0.781. The van der Waals surface area contributed by atoms with E-state index in [1.165, 1.54) is 44.5 Å². The highest BCUT2D eigenvalue weighted by molar-refractivity contribution is 7.01. The fourth-order valence-electron chi connectivity index (χ4n) is 16.0. The minimum absolute atomic E-state index is 0.209. The first-order chi connectivity index (χ1) is 43.6. The van der Waals surface area contributed by atoms with Gasteiger partial charge in [-0.1, -0.05) is 237 Å². The lowest BCUT2D eigenvalue weighted by Crippen LogP contribution is -2.61. The fraction of sp³-hybridized carbons (Fsp3) is 0.0250. The molecule has 13 aromatic carbocycles. The second-order valence-corrected chi connectivity index (χ2v) is 23.7. The topological polar surface area (TPSA) is 43.4 Å². The highest BCUT2D eigenvalue weighted by atomic mass is 16.5. The SMILES string of the molecule is c1ccc(C2(c3ccccc3)c3ccccc3N(c3cc4c5c(c3)Oc3cc6c(cc3B5c3ccccc3O4)B3c4ccccc4Oc4cc(N5c7ccccc7C(c7ccccc7)(c7ccccc7)c7ccccc75)cc(c43)O6)c3ccccc32)cc1. The van der Waals surface area contributed by atoms with Gasteiger partial charge in [-0.25, -0.2) is 0 Å². The maximum Gasteiger partial charge on any atom is 0.260 e. The molecule has 88 heavy (non-hydrogen) atoms. The molecule has 410 valence electrons. The van der Waals surface area contributed by atoms with Crippen molar-refractivity contribution in [2.24, 2.45) is 0 Å². The van der Waals surface area contributed by atoms with Gasteiger partial charge in [0.05, 0.1) is 45.0 Å². The molecule has 8 heteroatoms. The maximum atomic E-state index is 7.43. The highest BCUT2D eigenvalue weighted by Gasteiger charge is 2.51. The summed E-state index contributed by atoms with van der Waals surface area (Å²) >= 11 is 0. The first-order valence-electron chi connectivity index (χ1n) is 30.3. The number of benzene rings is 13. The Labute approximate surface area is 510 Å². The fourth-order valence-corrected chi connectivity index (χ4v) is 16.0. The molecule has 6 heterocycles. The maximum absolute atomic E-state index is 7.43. The molecular formula is C80H50B2N2O4. The van der Waals surface area contributed by atoms with Crippen LogP contribution in [-0.2, 0) is 10.8 Å². The van der Waals surface area contributed by atoms with E-state index in [2.05, 4.69) is 313 Å². The third-order valence-corrected chi connectivity index (χ3v) is 19.4. The van der Waals surface area contributed by atoms with Crippen LogP contribution >= 0.6 is 0 Å². The quantitative estimate of drug-likeness (QED) is 0.155. The van der Waals surface area contributed by atoms with E-state index >= 15 is 0 Å². The molecule has 13 aromatic rings. The zero-order chi connectivity index (χ0) is 57.7. The van der Waals surface area contributed by atoms with E-state index in [4.69, 9.17) is 18.9 Å². The third kappa shape index (κ3) is 6.69. The van der Waals surface area contributed by atoms with Crippen molar-refractivity contribution in [2.75, 3.05) is 9.80 Å². The van der Waals surface area contributed by atoms with E-state index in [1.54, 1.807) is 0 Å². The summed E-state index contributed by atoms with van der Waals surface area (Å²) in [4.78, 5) is 4.80. The Morgan fingerprint density at radius 1 is 0.227 bits per heavy atom. The van der Waals surface area contributed by atoms with Gasteiger partial charge in [0.15, 0.2) is 0 Å². The first kappa shape index (κ1) is 49.1. The lowest BCUT2D eigenvalue weighted by Gasteiger charge is -2.46. The molecule has 0 saturated carbocycles. The normalized spacial score (nSPS) is 14.8. The molecule has 0 fully saturated rings. The van der Waals surface area contributed by atoms with Gasteiger partial charge >= 0.3 is 0 Å². The lowest BCUT2D eigenvalue weighted by atomic mass is 9.31. The Morgan fingerprint density at radius 2 is 0.500 bits per heavy atom. The van der Waals surface area contributed by atoms with Gasteiger partial charge in [0.1, 0.15) is 46.0 Å². The molecule has 0 amide bonds. The van der Waals surface area contributed by atoms with Gasteiger partial charge in [0.2, 0.25) is 0 Å². The molecule has 0 unspecified atom stereocenters. The van der Waals surface area contributed by atoms with Crippen molar-refractivity contribution >= 4 is 80.3 Å². The van der Waals surface area contributed by atoms with Crippen molar-refractivity contribution in [2.45, 2.75) is 10.8 Å². The molecule has 19 rings (SSSR count). The van der Waals surface area contributed by atoms with Crippen molar-refractivity contribution < 1.29 is 18.9 Å². The Bertz CT molecular complexity index is 4550. The number of fused-ring (bicyclic) bond motifs is 12. The Hall–Kier alpha value is -11.2. The standard InChI is InChI=1S/C80H50B2N2O4/c1-5-25-51(26-6-1)79(52-27-7-2-8-28-52)57-33-13-19-39-65(57)83(66-40-20-14-34-58(66)79)55-45-73-77-75(47-55)87-71-50-72-64(49-63(71)81(77)61-37-17-23-43-69(61)85-73)82-62-38-18-24-44-70(62)86-74-46-56(48-76(88-72)78(74)82)84-67-41-21-15-35-59(67)80(53-29-9-3-10-30-53,54-31-11-4-12-32-54)60-36-16-22-42-68(60)84/h1-50H. The zero-order valence-electron chi connectivity index (χ0n) is 47.5. The van der Waals surface area contributed by atoms with E-state index < -0.39 is 10.8 Å². The van der Waals surface area contributed by atoms with Gasteiger partial charge in [-0.05, 0) is 103 Å². The molecule has 0 N–H and O–H groups in total. The Morgan fingerprint density at radius 3 is 0.830 bits per heavy atom. The van der Waals surface area contributed by atoms with Crippen LogP contribution in [0.25, 0.3) is 0 Å². The van der Waals surface area contributed by atoms with Crippen LogP contribution in [0.4, 0.5) is 34.1 Å². The van der Waals surface area contributed by atoms with E-state index in [-0.39, 0.29) is 13.4 Å². The second kappa shape index (κ2) is 18.6. The van der Waals surface area contributed by atoms with Crippen LogP contribution < -0.4 is 61.5 Å². The molecule has 0 saturated heterocycles. The van der Waals surface area contributed by atoms with Gasteiger partial charge in [-0.15, -0.1) is 0 Å². The van der Waals surface area contributed by atoms with Gasteiger partial charge < -0.3 is 28.7 Å². The first-order valence-corrected chi connectivity index (χ1v) is 30.3. The summed E-state index contributed by atoms with van der Waals surface area (Å²) in [6.07, 6.45) is 0. The van der Waals surface area contributed by atoms with Gasteiger partial charge in [-0.2, -0.15) is 0 Å². The summed E-state index contributed by atoms with van der Waals surface area (Å²) in [6, 6.07) is 110. The molecule has 0 radical (unpaired) electrons. The predicted molar refractivity (Wildman–Crippen MR) is 355 cm³/mol. The van der Waals surface area contributed by atoms with Crippen LogP contribution in [0.3, 0.4) is 0 Å². The van der Waals surface area contributed by atoms with Crippen molar-refractivity contribution in [1.29, 1.82) is 0 Å². The second-order valence-electron chi connectivity index (χ2n) is 23.7. The minimum Gasteiger partial charge on any atom is -0.458 e. The van der Waals surface area contributed by atoms with Crippen LogP contribution in [0.1, 0.15) is 44.5 Å². The Kier molecular flexibility index (Phi) is 10.4. The van der Waals surface area contributed by atoms with E-state index in [9.17, 15) is 0 Å². The lowest BCUT2D eigenvalue weighted by molar-refractivity contribution is 0.452. The molecule has 0 spiro atoms. The minimum atomic E-state index is -0.617. The summed E-state index contributed by atoms with van der Waals surface area (Å²) in [5, 5.41) is 0.